The van der Waals surface area contributed by atoms with Crippen molar-refractivity contribution in [3.63, 3.8) is 0 Å². The summed E-state index contributed by atoms with van der Waals surface area (Å²) in [5, 5.41) is 8.72. The van der Waals surface area contributed by atoms with Crippen molar-refractivity contribution in [2.75, 3.05) is 0 Å². The van der Waals surface area contributed by atoms with Crippen molar-refractivity contribution in [2.24, 2.45) is 5.73 Å². The zero-order chi connectivity index (χ0) is 10.7. The van der Waals surface area contributed by atoms with Crippen LogP contribution in [-0.4, -0.2) is 11.1 Å². The van der Waals surface area contributed by atoms with E-state index in [2.05, 4.69) is 0 Å². The largest absolute Gasteiger partial charge is 0.481 e. The summed E-state index contributed by atoms with van der Waals surface area (Å²) in [5.74, 6) is -1.64. The maximum Gasteiger partial charge on any atom is 0.305 e. The van der Waals surface area contributed by atoms with Crippen molar-refractivity contribution in [2.45, 2.75) is 12.5 Å². The minimum absolute atomic E-state index is 0. The first-order chi connectivity index (χ1) is 6.50. The van der Waals surface area contributed by atoms with Crippen LogP contribution in [0.2, 0.25) is 5.02 Å². The quantitative estimate of drug-likeness (QED) is 0.870. The van der Waals surface area contributed by atoms with Gasteiger partial charge in [0.15, 0.2) is 0 Å². The summed E-state index contributed by atoms with van der Waals surface area (Å²) in [6, 6.07) is 3.13. The minimum atomic E-state index is -1.06. The highest BCUT2D eigenvalue weighted by atomic mass is 35.5. The number of nitrogens with two attached hydrogens (primary N) is 1. The van der Waals surface area contributed by atoms with Gasteiger partial charge in [0.2, 0.25) is 0 Å². The van der Waals surface area contributed by atoms with E-state index < -0.39 is 17.8 Å². The van der Waals surface area contributed by atoms with Gasteiger partial charge in [-0.25, -0.2) is 4.39 Å². The van der Waals surface area contributed by atoms with E-state index in [0.717, 1.165) is 6.07 Å². The molecular formula is C9H10Cl2FNO2. The van der Waals surface area contributed by atoms with E-state index in [1.54, 1.807) is 0 Å². The number of carboxylic acids is 1. The van der Waals surface area contributed by atoms with Gasteiger partial charge in [0.05, 0.1) is 6.42 Å². The third-order valence-electron chi connectivity index (χ3n) is 1.76. The van der Waals surface area contributed by atoms with Gasteiger partial charge in [-0.2, -0.15) is 0 Å². The van der Waals surface area contributed by atoms with E-state index in [1.807, 2.05) is 0 Å². The summed E-state index contributed by atoms with van der Waals surface area (Å²) < 4.78 is 13.2. The average molecular weight is 254 g/mol. The third-order valence-corrected chi connectivity index (χ3v) is 1.99. The van der Waals surface area contributed by atoms with Gasteiger partial charge in [0.25, 0.3) is 0 Å². The number of halogens is 3. The molecule has 1 unspecified atom stereocenters. The first kappa shape index (κ1) is 14.2. The maximum absolute atomic E-state index is 13.2. The molecule has 0 saturated heterocycles. The molecule has 0 aliphatic rings. The van der Waals surface area contributed by atoms with E-state index in [1.165, 1.54) is 12.1 Å². The highest BCUT2D eigenvalue weighted by molar-refractivity contribution is 6.30. The number of carboxylic acid groups (broad SMARTS) is 1. The van der Waals surface area contributed by atoms with Crippen molar-refractivity contribution < 1.29 is 14.3 Å². The summed E-state index contributed by atoms with van der Waals surface area (Å²) in [7, 11) is 0. The number of hydrogen-bond donors (Lipinski definition) is 2. The Labute approximate surface area is 97.4 Å². The molecule has 0 aromatic heterocycles. The highest BCUT2D eigenvalue weighted by Crippen LogP contribution is 2.21. The van der Waals surface area contributed by atoms with Gasteiger partial charge < -0.3 is 10.8 Å². The van der Waals surface area contributed by atoms with Gasteiger partial charge in [-0.3, -0.25) is 4.79 Å². The molecule has 3 nitrogen and oxygen atoms in total. The summed E-state index contributed by atoms with van der Waals surface area (Å²) in [5.41, 5.74) is 5.65. The first-order valence-electron chi connectivity index (χ1n) is 3.93. The van der Waals surface area contributed by atoms with Gasteiger partial charge in [-0.1, -0.05) is 17.7 Å². The first-order valence-corrected chi connectivity index (χ1v) is 4.31. The Hall–Kier alpha value is -0.840. The fraction of sp³-hybridized carbons (Fsp3) is 0.222. The van der Waals surface area contributed by atoms with Crippen molar-refractivity contribution in [1.82, 2.24) is 0 Å². The zero-order valence-electron chi connectivity index (χ0n) is 7.61. The molecule has 1 aromatic rings. The zero-order valence-corrected chi connectivity index (χ0v) is 9.19. The van der Waals surface area contributed by atoms with Crippen molar-refractivity contribution >= 4 is 30.0 Å². The molecule has 3 N–H and O–H groups in total. The second-order valence-corrected chi connectivity index (χ2v) is 3.31. The lowest BCUT2D eigenvalue weighted by Crippen LogP contribution is -2.16. The van der Waals surface area contributed by atoms with Crippen LogP contribution in [0.1, 0.15) is 18.0 Å². The highest BCUT2D eigenvalue weighted by Gasteiger charge is 2.14. The molecule has 0 saturated carbocycles. The molecule has 0 spiro atoms. The molecule has 6 heteroatoms. The summed E-state index contributed by atoms with van der Waals surface area (Å²) >= 11 is 5.53. The molecule has 15 heavy (non-hydrogen) atoms. The smallest absolute Gasteiger partial charge is 0.305 e. The SMILES string of the molecule is Cl.NC(CC(=O)O)c1ccc(Cl)cc1F. The Morgan fingerprint density at radius 1 is 1.60 bits per heavy atom. The van der Waals surface area contributed by atoms with Crippen LogP contribution in [0.4, 0.5) is 4.39 Å². The lowest BCUT2D eigenvalue weighted by Gasteiger charge is -2.10. The van der Waals surface area contributed by atoms with Gasteiger partial charge >= 0.3 is 5.97 Å². The molecular weight excluding hydrogens is 244 g/mol. The molecule has 0 amide bonds. The Balaban J connectivity index is 0.00000196. The number of rotatable bonds is 3. The summed E-state index contributed by atoms with van der Waals surface area (Å²) in [6.07, 6.45) is -0.307. The molecule has 1 rings (SSSR count). The minimum Gasteiger partial charge on any atom is -0.481 e. The molecule has 0 fully saturated rings. The summed E-state index contributed by atoms with van der Waals surface area (Å²) in [4.78, 5) is 10.3. The van der Waals surface area contributed by atoms with Crippen LogP contribution in [0, 0.1) is 5.82 Å². The van der Waals surface area contributed by atoms with E-state index in [4.69, 9.17) is 22.4 Å². The molecule has 0 bridgehead atoms. The molecule has 0 aliphatic heterocycles. The van der Waals surface area contributed by atoms with Crippen LogP contribution >= 0.6 is 24.0 Å². The monoisotopic (exact) mass is 253 g/mol. The predicted molar refractivity (Wildman–Crippen MR) is 57.8 cm³/mol. The van der Waals surface area contributed by atoms with Crippen LogP contribution < -0.4 is 5.73 Å². The lowest BCUT2D eigenvalue weighted by atomic mass is 10.0. The van der Waals surface area contributed by atoms with E-state index in [9.17, 15) is 9.18 Å². The number of hydrogen-bond acceptors (Lipinski definition) is 2. The third kappa shape index (κ3) is 4.03. The molecule has 0 aliphatic carbocycles. The second kappa shape index (κ2) is 5.90. The standard InChI is InChI=1S/C9H9ClFNO2.ClH/c10-5-1-2-6(7(11)3-5)8(12)4-9(13)14;/h1-3,8H,4,12H2,(H,13,14);1H. The molecule has 0 radical (unpaired) electrons. The van der Waals surface area contributed by atoms with Crippen molar-refractivity contribution in [3.05, 3.63) is 34.6 Å². The Kier molecular flexibility index (Phi) is 5.57. The van der Waals surface area contributed by atoms with Crippen molar-refractivity contribution in [1.29, 1.82) is 0 Å². The fourth-order valence-corrected chi connectivity index (χ4v) is 1.26. The van der Waals surface area contributed by atoms with Crippen LogP contribution in [0.15, 0.2) is 18.2 Å². The Morgan fingerprint density at radius 3 is 2.67 bits per heavy atom. The topological polar surface area (TPSA) is 63.3 Å². The van der Waals surface area contributed by atoms with Gasteiger partial charge in [0, 0.05) is 16.6 Å². The normalized spacial score (nSPS) is 11.7. The van der Waals surface area contributed by atoms with Crippen LogP contribution in [0.25, 0.3) is 0 Å². The van der Waals surface area contributed by atoms with Gasteiger partial charge in [0.1, 0.15) is 5.82 Å². The van der Waals surface area contributed by atoms with E-state index in [0.29, 0.717) is 0 Å². The van der Waals surface area contributed by atoms with Crippen molar-refractivity contribution in [3.8, 4) is 0 Å². The molecule has 0 heterocycles. The van der Waals surface area contributed by atoms with E-state index in [-0.39, 0.29) is 29.4 Å². The fourth-order valence-electron chi connectivity index (χ4n) is 1.10. The summed E-state index contributed by atoms with van der Waals surface area (Å²) in [6.45, 7) is 0. The van der Waals surface area contributed by atoms with Crippen LogP contribution in [0.3, 0.4) is 0 Å². The number of benzene rings is 1. The number of aliphatic carboxylic acids is 1. The van der Waals surface area contributed by atoms with Gasteiger partial charge in [-0.05, 0) is 12.1 Å². The Bertz CT molecular complexity index is 360. The van der Waals surface area contributed by atoms with Crippen LogP contribution in [-0.2, 0) is 4.79 Å². The average Bonchev–Trinajstić information content (AvgIpc) is 2.01. The predicted octanol–water partition coefficient (Wildman–Crippen LogP) is 2.38. The number of carbonyl (C=O) groups is 1. The van der Waals surface area contributed by atoms with Crippen LogP contribution in [0.5, 0.6) is 0 Å². The Morgan fingerprint density at radius 2 is 2.20 bits per heavy atom. The molecule has 1 aromatic carbocycles. The molecule has 1 atom stereocenters. The van der Waals surface area contributed by atoms with Gasteiger partial charge in [-0.15, -0.1) is 12.4 Å². The second-order valence-electron chi connectivity index (χ2n) is 2.87. The molecule has 84 valence electrons. The maximum atomic E-state index is 13.2. The lowest BCUT2D eigenvalue weighted by molar-refractivity contribution is -0.137. The van der Waals surface area contributed by atoms with E-state index >= 15 is 0 Å².